The van der Waals surface area contributed by atoms with E-state index in [2.05, 4.69) is 52.1 Å². The molecule has 0 saturated carbocycles. The number of hydrogen-bond donors (Lipinski definition) is 2. The lowest BCUT2D eigenvalue weighted by Crippen LogP contribution is -2.35. The quantitative estimate of drug-likeness (QED) is 0.519. The van der Waals surface area contributed by atoms with Crippen molar-refractivity contribution in [2.24, 2.45) is 5.92 Å². The molecular weight excluding hydrogens is 326 g/mol. The van der Waals surface area contributed by atoms with E-state index >= 15 is 0 Å². The smallest absolute Gasteiger partial charge is 0.119 e. The molecule has 1 unspecified atom stereocenters. The Bertz CT molecular complexity index is 459. The molecule has 0 aliphatic carbocycles. The minimum absolute atomic E-state index is 0.302. The van der Waals surface area contributed by atoms with Crippen LogP contribution in [-0.2, 0) is 11.2 Å². The van der Waals surface area contributed by atoms with Gasteiger partial charge in [-0.2, -0.15) is 0 Å². The van der Waals surface area contributed by atoms with Gasteiger partial charge in [-0.3, -0.25) is 0 Å². The van der Waals surface area contributed by atoms with Crippen molar-refractivity contribution in [3.8, 4) is 5.75 Å². The van der Waals surface area contributed by atoms with Crippen LogP contribution in [0, 0.1) is 5.92 Å². The Balaban J connectivity index is 2.31. The molecule has 150 valence electrons. The molecule has 0 aliphatic rings. The Morgan fingerprint density at radius 2 is 1.77 bits per heavy atom. The average Bonchev–Trinajstić information content (AvgIpc) is 2.59. The Morgan fingerprint density at radius 3 is 2.35 bits per heavy atom. The van der Waals surface area contributed by atoms with Gasteiger partial charge in [-0.05, 0) is 42.9 Å². The minimum Gasteiger partial charge on any atom is -0.491 e. The van der Waals surface area contributed by atoms with E-state index in [1.54, 1.807) is 0 Å². The van der Waals surface area contributed by atoms with Crippen molar-refractivity contribution in [2.45, 2.75) is 78.6 Å². The predicted octanol–water partition coefficient (Wildman–Crippen LogP) is 4.20. The fourth-order valence-electron chi connectivity index (χ4n) is 2.84. The zero-order chi connectivity index (χ0) is 19.4. The molecule has 0 aliphatic heterocycles. The van der Waals surface area contributed by atoms with Crippen molar-refractivity contribution in [1.29, 1.82) is 0 Å². The van der Waals surface area contributed by atoms with Gasteiger partial charge in [0, 0.05) is 12.6 Å². The highest BCUT2D eigenvalue weighted by molar-refractivity contribution is 5.27. The topological polar surface area (TPSA) is 50.7 Å². The Morgan fingerprint density at radius 1 is 1.08 bits per heavy atom. The van der Waals surface area contributed by atoms with Crippen LogP contribution in [0.4, 0.5) is 0 Å². The molecule has 0 heterocycles. The monoisotopic (exact) mass is 365 g/mol. The molecule has 4 heteroatoms. The Hall–Kier alpha value is -1.10. The lowest BCUT2D eigenvalue weighted by Gasteiger charge is -2.19. The van der Waals surface area contributed by atoms with Crippen LogP contribution in [0.3, 0.4) is 0 Å². The molecule has 4 nitrogen and oxygen atoms in total. The summed E-state index contributed by atoms with van der Waals surface area (Å²) < 4.78 is 11.7. The predicted molar refractivity (Wildman–Crippen MR) is 109 cm³/mol. The maximum atomic E-state index is 9.88. The maximum absolute atomic E-state index is 9.88. The third-order valence-electron chi connectivity index (χ3n) is 4.22. The van der Waals surface area contributed by atoms with Crippen LogP contribution < -0.4 is 10.1 Å². The van der Waals surface area contributed by atoms with Crippen molar-refractivity contribution in [3.63, 3.8) is 0 Å². The van der Waals surface area contributed by atoms with Crippen molar-refractivity contribution in [1.82, 2.24) is 5.32 Å². The van der Waals surface area contributed by atoms with E-state index in [0.717, 1.165) is 31.6 Å². The third-order valence-corrected chi connectivity index (χ3v) is 4.22. The standard InChI is InChI=1S/C22H39NO3/c1-6-7-22(14-17(2)3)25-13-12-19-8-10-21(11-9-19)26-16-20(24)15-23-18(4)5/h8-11,17-18,20,22-24H,6-7,12-16H2,1-5H3/t20?,22-/m1/s1. The van der Waals surface area contributed by atoms with Crippen molar-refractivity contribution in [3.05, 3.63) is 29.8 Å². The number of aliphatic hydroxyl groups excluding tert-OH is 1. The largest absolute Gasteiger partial charge is 0.491 e. The molecule has 0 saturated heterocycles. The first-order valence-corrected chi connectivity index (χ1v) is 10.2. The summed E-state index contributed by atoms with van der Waals surface area (Å²) in [6.07, 6.45) is 4.24. The maximum Gasteiger partial charge on any atom is 0.119 e. The molecule has 1 rings (SSSR count). The second kappa shape index (κ2) is 13.1. The number of hydrogen-bond acceptors (Lipinski definition) is 4. The van der Waals surface area contributed by atoms with Gasteiger partial charge in [0.15, 0.2) is 0 Å². The van der Waals surface area contributed by atoms with E-state index in [4.69, 9.17) is 9.47 Å². The van der Waals surface area contributed by atoms with Crippen LogP contribution in [0.25, 0.3) is 0 Å². The first-order valence-electron chi connectivity index (χ1n) is 10.2. The SMILES string of the molecule is CCC[C@H](CC(C)C)OCCc1ccc(OCC(O)CNC(C)C)cc1. The van der Waals surface area contributed by atoms with Crippen molar-refractivity contribution < 1.29 is 14.6 Å². The molecule has 1 aromatic rings. The van der Waals surface area contributed by atoms with Crippen LogP contribution in [0.2, 0.25) is 0 Å². The molecule has 0 radical (unpaired) electrons. The highest BCUT2D eigenvalue weighted by Gasteiger charge is 2.10. The zero-order valence-corrected chi connectivity index (χ0v) is 17.3. The lowest BCUT2D eigenvalue weighted by molar-refractivity contribution is 0.0350. The molecule has 0 fully saturated rings. The van der Waals surface area contributed by atoms with Crippen LogP contribution >= 0.6 is 0 Å². The van der Waals surface area contributed by atoms with Crippen LogP contribution in [0.5, 0.6) is 5.75 Å². The van der Waals surface area contributed by atoms with Crippen LogP contribution in [0.15, 0.2) is 24.3 Å². The van der Waals surface area contributed by atoms with Gasteiger partial charge in [-0.1, -0.05) is 53.2 Å². The van der Waals surface area contributed by atoms with Gasteiger partial charge in [0.05, 0.1) is 12.7 Å². The van der Waals surface area contributed by atoms with Gasteiger partial charge in [0.25, 0.3) is 0 Å². The number of nitrogens with one attached hydrogen (secondary N) is 1. The van der Waals surface area contributed by atoms with E-state index in [9.17, 15) is 5.11 Å². The van der Waals surface area contributed by atoms with E-state index in [1.807, 2.05) is 12.1 Å². The second-order valence-corrected chi connectivity index (χ2v) is 7.83. The molecule has 2 N–H and O–H groups in total. The van der Waals surface area contributed by atoms with Gasteiger partial charge in [-0.25, -0.2) is 0 Å². The van der Waals surface area contributed by atoms with Gasteiger partial charge in [-0.15, -0.1) is 0 Å². The fraction of sp³-hybridized carbons (Fsp3) is 0.727. The summed E-state index contributed by atoms with van der Waals surface area (Å²) in [5.74, 6) is 1.47. The van der Waals surface area contributed by atoms with E-state index in [1.165, 1.54) is 12.0 Å². The van der Waals surface area contributed by atoms with Gasteiger partial charge >= 0.3 is 0 Å². The summed E-state index contributed by atoms with van der Waals surface area (Å²) in [5.41, 5.74) is 1.25. The molecule has 2 atom stereocenters. The van der Waals surface area contributed by atoms with E-state index in [0.29, 0.717) is 31.2 Å². The van der Waals surface area contributed by atoms with Gasteiger partial charge in [0.1, 0.15) is 18.5 Å². The van der Waals surface area contributed by atoms with E-state index < -0.39 is 6.10 Å². The number of benzene rings is 1. The van der Waals surface area contributed by atoms with Crippen molar-refractivity contribution >= 4 is 0 Å². The van der Waals surface area contributed by atoms with Gasteiger partial charge < -0.3 is 19.9 Å². The number of aliphatic hydroxyl groups is 1. The first-order chi connectivity index (χ1) is 12.4. The Kier molecular flexibility index (Phi) is 11.6. The van der Waals surface area contributed by atoms with Gasteiger partial charge in [0.2, 0.25) is 0 Å². The molecule has 0 bridgehead atoms. The highest BCUT2D eigenvalue weighted by Crippen LogP contribution is 2.16. The lowest BCUT2D eigenvalue weighted by atomic mass is 10.0. The molecular formula is C22H39NO3. The molecule has 26 heavy (non-hydrogen) atoms. The number of rotatable bonds is 14. The molecule has 0 amide bonds. The van der Waals surface area contributed by atoms with Crippen LogP contribution in [0.1, 0.15) is 59.4 Å². The minimum atomic E-state index is -0.498. The van der Waals surface area contributed by atoms with Crippen LogP contribution in [-0.4, -0.2) is 43.1 Å². The average molecular weight is 366 g/mol. The summed E-state index contributed by atoms with van der Waals surface area (Å²) in [7, 11) is 0. The third kappa shape index (κ3) is 10.8. The van der Waals surface area contributed by atoms with Crippen molar-refractivity contribution in [2.75, 3.05) is 19.8 Å². The first kappa shape index (κ1) is 22.9. The summed E-state index contributed by atoms with van der Waals surface area (Å²) in [6, 6.07) is 8.46. The molecule has 0 aromatic heterocycles. The summed E-state index contributed by atoms with van der Waals surface area (Å²) in [5, 5.41) is 13.1. The highest BCUT2D eigenvalue weighted by atomic mass is 16.5. The molecule has 1 aromatic carbocycles. The molecule has 0 spiro atoms. The summed E-state index contributed by atoms with van der Waals surface area (Å²) in [4.78, 5) is 0. The second-order valence-electron chi connectivity index (χ2n) is 7.83. The summed E-state index contributed by atoms with van der Waals surface area (Å²) in [6.45, 7) is 12.4. The van der Waals surface area contributed by atoms with E-state index in [-0.39, 0.29) is 0 Å². The fourth-order valence-corrected chi connectivity index (χ4v) is 2.84. The summed E-state index contributed by atoms with van der Waals surface area (Å²) >= 11 is 0. The zero-order valence-electron chi connectivity index (χ0n) is 17.3. The Labute approximate surface area is 160 Å². The normalized spacial score (nSPS) is 14.0. The number of ether oxygens (including phenoxy) is 2.